The molecule has 4 atom stereocenters. The topological polar surface area (TPSA) is 152 Å². The molecule has 2 aliphatic rings. The van der Waals surface area contributed by atoms with E-state index in [9.17, 15) is 23.1 Å². The number of anilines is 1. The predicted octanol–water partition coefficient (Wildman–Crippen LogP) is 4.93. The van der Waals surface area contributed by atoms with Crippen LogP contribution in [0, 0.1) is 25.7 Å². The summed E-state index contributed by atoms with van der Waals surface area (Å²) in [6.07, 6.45) is 6.43. The van der Waals surface area contributed by atoms with Gasteiger partial charge in [-0.25, -0.2) is 8.42 Å². The number of sulfonamides is 1. The predicted molar refractivity (Wildman–Crippen MR) is 178 cm³/mol. The summed E-state index contributed by atoms with van der Waals surface area (Å²) in [4.78, 5) is 29.1. The molecule has 2 aromatic rings. The summed E-state index contributed by atoms with van der Waals surface area (Å²) < 4.78 is 46.1. The molecule has 1 fully saturated rings. The molecule has 1 aromatic heterocycles. The van der Waals surface area contributed by atoms with Gasteiger partial charge in [-0.1, -0.05) is 31.3 Å². The monoisotopic (exact) mass is 676 g/mol. The van der Waals surface area contributed by atoms with E-state index in [0.717, 1.165) is 44.9 Å². The lowest BCUT2D eigenvalue weighted by molar-refractivity contribution is -0.120. The third kappa shape index (κ3) is 9.13. The van der Waals surface area contributed by atoms with Gasteiger partial charge in [-0.05, 0) is 78.0 Å². The molecule has 2 heterocycles. The number of likely N-dealkylation sites (N-methyl/N-ethyl adjacent to an activating group) is 1. The third-order valence-electron chi connectivity index (χ3n) is 9.37. The SMILES string of the molecule is Cc1noc(C)c1S(=O)(=O)N(C)C[C@H]1OCCCC[C@@H](C)Oc2ccc(NC(=O)C3CCCCC3)cc2C(=O)N([C@H](C)CO)C[C@H]1C. The molecule has 0 spiro atoms. The Labute approximate surface area is 279 Å². The van der Waals surface area contributed by atoms with Gasteiger partial charge in [-0.3, -0.25) is 9.59 Å². The van der Waals surface area contributed by atoms with Crippen molar-refractivity contribution >= 4 is 27.5 Å². The van der Waals surface area contributed by atoms with Gasteiger partial charge in [0.25, 0.3) is 5.91 Å². The number of aliphatic hydroxyl groups excluding tert-OH is 1. The first-order valence-corrected chi connectivity index (χ1v) is 18.3. The number of hydrogen-bond acceptors (Lipinski definition) is 9. The van der Waals surface area contributed by atoms with E-state index >= 15 is 0 Å². The summed E-state index contributed by atoms with van der Waals surface area (Å²) >= 11 is 0. The molecule has 0 radical (unpaired) electrons. The highest BCUT2D eigenvalue weighted by Crippen LogP contribution is 2.31. The fraction of sp³-hybridized carbons (Fsp3) is 0.676. The number of nitrogens with zero attached hydrogens (tertiary/aromatic N) is 3. The number of ether oxygens (including phenoxy) is 2. The van der Waals surface area contributed by atoms with Crippen LogP contribution in [0.15, 0.2) is 27.6 Å². The maximum atomic E-state index is 14.4. The molecular weight excluding hydrogens is 624 g/mol. The van der Waals surface area contributed by atoms with E-state index in [-0.39, 0.29) is 65.8 Å². The van der Waals surface area contributed by atoms with E-state index < -0.39 is 22.2 Å². The maximum Gasteiger partial charge on any atom is 0.258 e. The molecule has 12 nitrogen and oxygen atoms in total. The van der Waals surface area contributed by atoms with Crippen molar-refractivity contribution in [3.63, 3.8) is 0 Å². The van der Waals surface area contributed by atoms with Crippen LogP contribution < -0.4 is 10.1 Å². The van der Waals surface area contributed by atoms with E-state index in [1.807, 2.05) is 13.8 Å². The van der Waals surface area contributed by atoms with E-state index in [2.05, 4.69) is 10.5 Å². The Morgan fingerprint density at radius 1 is 1.13 bits per heavy atom. The third-order valence-corrected chi connectivity index (χ3v) is 11.4. The molecule has 1 aliphatic carbocycles. The van der Waals surface area contributed by atoms with Crippen molar-refractivity contribution in [3.05, 3.63) is 35.2 Å². The van der Waals surface area contributed by atoms with Crippen LogP contribution in [0.4, 0.5) is 5.69 Å². The molecule has 0 bridgehead atoms. The Bertz CT molecular complexity index is 1450. The Hall–Kier alpha value is -3.00. The zero-order valence-corrected chi connectivity index (χ0v) is 29.5. The Morgan fingerprint density at radius 2 is 1.83 bits per heavy atom. The van der Waals surface area contributed by atoms with Crippen molar-refractivity contribution in [2.24, 2.45) is 11.8 Å². The van der Waals surface area contributed by atoms with Crippen LogP contribution in [0.2, 0.25) is 0 Å². The summed E-state index contributed by atoms with van der Waals surface area (Å²) in [5.41, 5.74) is 1.09. The van der Waals surface area contributed by atoms with Crippen LogP contribution in [0.5, 0.6) is 5.75 Å². The maximum absolute atomic E-state index is 14.4. The number of hydrogen-bond donors (Lipinski definition) is 2. The number of amides is 2. The second-order valence-electron chi connectivity index (χ2n) is 13.3. The number of nitrogens with one attached hydrogen (secondary N) is 1. The largest absolute Gasteiger partial charge is 0.490 e. The second kappa shape index (κ2) is 16.4. The van der Waals surface area contributed by atoms with Gasteiger partial charge in [0.2, 0.25) is 15.9 Å². The fourth-order valence-corrected chi connectivity index (χ4v) is 7.89. The van der Waals surface area contributed by atoms with Crippen molar-refractivity contribution in [1.82, 2.24) is 14.4 Å². The van der Waals surface area contributed by atoms with Crippen LogP contribution in [0.25, 0.3) is 0 Å². The first-order valence-electron chi connectivity index (χ1n) is 16.9. The molecule has 2 amide bonds. The molecule has 47 heavy (non-hydrogen) atoms. The van der Waals surface area contributed by atoms with Crippen LogP contribution >= 0.6 is 0 Å². The van der Waals surface area contributed by atoms with Gasteiger partial charge in [0.1, 0.15) is 16.3 Å². The summed E-state index contributed by atoms with van der Waals surface area (Å²) in [6, 6.07) is 4.60. The van der Waals surface area contributed by atoms with Gasteiger partial charge in [0.15, 0.2) is 5.76 Å². The number of aliphatic hydroxyl groups is 1. The molecule has 0 unspecified atom stereocenters. The first-order chi connectivity index (χ1) is 22.3. The second-order valence-corrected chi connectivity index (χ2v) is 15.3. The highest BCUT2D eigenvalue weighted by molar-refractivity contribution is 7.89. The number of aryl methyl sites for hydroxylation is 2. The average Bonchev–Trinajstić information content (AvgIpc) is 3.40. The van der Waals surface area contributed by atoms with Gasteiger partial charge in [-0.15, -0.1) is 0 Å². The van der Waals surface area contributed by atoms with Crippen molar-refractivity contribution in [2.75, 3.05) is 38.7 Å². The Kier molecular flexibility index (Phi) is 12.9. The molecule has 262 valence electrons. The zero-order chi connectivity index (χ0) is 34.3. The van der Waals surface area contributed by atoms with Gasteiger partial charge in [0, 0.05) is 44.3 Å². The van der Waals surface area contributed by atoms with Crippen LogP contribution in [0.1, 0.15) is 93.9 Å². The lowest BCUT2D eigenvalue weighted by Gasteiger charge is -2.35. The minimum atomic E-state index is -3.93. The molecule has 1 aromatic carbocycles. The molecule has 2 N–H and O–H groups in total. The average molecular weight is 677 g/mol. The van der Waals surface area contributed by atoms with Crippen molar-refractivity contribution in [2.45, 2.75) is 109 Å². The van der Waals surface area contributed by atoms with Gasteiger partial charge in [0.05, 0.1) is 30.4 Å². The highest BCUT2D eigenvalue weighted by atomic mass is 32.2. The summed E-state index contributed by atoms with van der Waals surface area (Å²) in [5.74, 6) is -0.148. The van der Waals surface area contributed by atoms with E-state index in [1.165, 1.54) is 11.4 Å². The van der Waals surface area contributed by atoms with Gasteiger partial charge < -0.3 is 29.3 Å². The molecule has 4 rings (SSSR count). The molecule has 1 aliphatic heterocycles. The van der Waals surface area contributed by atoms with E-state index in [1.54, 1.807) is 43.9 Å². The molecule has 13 heteroatoms. The van der Waals surface area contributed by atoms with Crippen LogP contribution in [-0.4, -0.2) is 91.3 Å². The molecule has 1 saturated carbocycles. The molecule has 0 saturated heterocycles. The lowest BCUT2D eigenvalue weighted by atomic mass is 9.88. The van der Waals surface area contributed by atoms with Crippen LogP contribution in [0.3, 0.4) is 0 Å². The quantitative estimate of drug-likeness (QED) is 0.397. The fourth-order valence-electron chi connectivity index (χ4n) is 6.42. The minimum Gasteiger partial charge on any atom is -0.490 e. The van der Waals surface area contributed by atoms with E-state index in [0.29, 0.717) is 30.0 Å². The Morgan fingerprint density at radius 3 is 2.49 bits per heavy atom. The van der Waals surface area contributed by atoms with E-state index in [4.69, 9.17) is 14.0 Å². The number of carbonyl (C=O) groups excluding carboxylic acids is 2. The number of fused-ring (bicyclic) bond motifs is 1. The smallest absolute Gasteiger partial charge is 0.258 e. The van der Waals surface area contributed by atoms with Gasteiger partial charge in [-0.2, -0.15) is 4.31 Å². The lowest BCUT2D eigenvalue weighted by Crippen LogP contribution is -2.48. The Balaban J connectivity index is 1.64. The number of benzene rings is 1. The normalized spacial score (nSPS) is 23.1. The van der Waals surface area contributed by atoms with Crippen molar-refractivity contribution in [1.29, 1.82) is 0 Å². The zero-order valence-electron chi connectivity index (χ0n) is 28.7. The van der Waals surface area contributed by atoms with Crippen molar-refractivity contribution < 1.29 is 37.1 Å². The van der Waals surface area contributed by atoms with Crippen LogP contribution in [-0.2, 0) is 19.6 Å². The minimum absolute atomic E-state index is 0.0382. The number of rotatable bonds is 8. The number of aromatic nitrogens is 1. The number of carbonyl (C=O) groups is 2. The molecular formula is C34H52N4O8S. The van der Waals surface area contributed by atoms with Crippen molar-refractivity contribution in [3.8, 4) is 5.75 Å². The highest BCUT2D eigenvalue weighted by Gasteiger charge is 2.34. The van der Waals surface area contributed by atoms with Gasteiger partial charge >= 0.3 is 0 Å². The summed E-state index contributed by atoms with van der Waals surface area (Å²) in [5, 5.41) is 17.1. The first kappa shape index (κ1) is 36.8. The summed E-state index contributed by atoms with van der Waals surface area (Å²) in [7, 11) is -2.43. The standard InChI is InChI=1S/C34H52N4O8S/c1-22-19-38(23(2)21-39)34(41)29-18-28(35-33(40)27-13-8-7-9-14-27)15-16-30(29)45-24(3)12-10-11-17-44-31(22)20-37(6)47(42,43)32-25(4)36-46-26(32)5/h15-16,18,22-24,27,31,39H,7-14,17,19-21H2,1-6H3,(H,35,40)/t22-,23-,24-,31-/m1/s1. The summed E-state index contributed by atoms with van der Waals surface area (Å²) in [6.45, 7) is 9.12.